The maximum absolute atomic E-state index is 13.8. The molecule has 0 aromatic heterocycles. The van der Waals surface area contributed by atoms with Gasteiger partial charge in [0.1, 0.15) is 5.69 Å². The summed E-state index contributed by atoms with van der Waals surface area (Å²) in [6, 6.07) is 2.07. The van der Waals surface area contributed by atoms with Crippen molar-refractivity contribution in [1.29, 1.82) is 0 Å². The predicted molar refractivity (Wildman–Crippen MR) is 67.3 cm³/mol. The van der Waals surface area contributed by atoms with Crippen molar-refractivity contribution in [3.8, 4) is 0 Å². The molecule has 2 fully saturated rings. The van der Waals surface area contributed by atoms with Crippen LogP contribution in [0.4, 0.5) is 14.5 Å². The first-order valence-electron chi connectivity index (χ1n) is 5.79. The summed E-state index contributed by atoms with van der Waals surface area (Å²) in [6.45, 7) is 3.62. The Morgan fingerprint density at radius 3 is 1.95 bits per heavy atom. The van der Waals surface area contributed by atoms with Gasteiger partial charge in [0.2, 0.25) is 11.8 Å². The quantitative estimate of drug-likeness (QED) is 0.743. The van der Waals surface area contributed by atoms with Gasteiger partial charge in [-0.25, -0.2) is 13.7 Å². The molecular weight excluding hydrogens is 320 g/mol. The van der Waals surface area contributed by atoms with Gasteiger partial charge in [0.05, 0.1) is 11.8 Å². The monoisotopic (exact) mass is 329 g/mol. The standard InChI is InChI=1S/C13H10BrF2NO2/c1-13(2)8-9(13)12(19)17(11(8)18)10-6(15)3-5(14)4-7(10)16/h3-4,8-9H,1-2H3. The van der Waals surface area contributed by atoms with Crippen LogP contribution in [0, 0.1) is 28.9 Å². The van der Waals surface area contributed by atoms with E-state index < -0.39 is 46.4 Å². The van der Waals surface area contributed by atoms with Crippen LogP contribution >= 0.6 is 15.9 Å². The molecule has 1 aromatic carbocycles. The Bertz CT molecular complexity index is 582. The molecule has 0 bridgehead atoms. The van der Waals surface area contributed by atoms with Crippen molar-refractivity contribution in [2.24, 2.45) is 17.3 Å². The van der Waals surface area contributed by atoms with Gasteiger partial charge in [-0.2, -0.15) is 0 Å². The Hall–Kier alpha value is -1.30. The molecule has 2 atom stereocenters. The SMILES string of the molecule is CC1(C)C2C(=O)N(c3c(F)cc(Br)cc3F)C(=O)C21. The minimum atomic E-state index is -0.923. The Labute approximate surface area is 116 Å². The number of piperidine rings is 1. The van der Waals surface area contributed by atoms with Crippen LogP contribution in [0.15, 0.2) is 16.6 Å². The van der Waals surface area contributed by atoms with Gasteiger partial charge in [0.25, 0.3) is 0 Å². The molecule has 3 nitrogen and oxygen atoms in total. The van der Waals surface area contributed by atoms with Crippen LogP contribution in [-0.2, 0) is 9.59 Å². The second-order valence-corrected chi connectivity index (χ2v) is 6.42. The summed E-state index contributed by atoms with van der Waals surface area (Å²) < 4.78 is 27.9. The highest BCUT2D eigenvalue weighted by molar-refractivity contribution is 9.10. The molecule has 1 aliphatic carbocycles. The van der Waals surface area contributed by atoms with Crippen molar-refractivity contribution in [2.45, 2.75) is 13.8 Å². The fourth-order valence-electron chi connectivity index (χ4n) is 2.91. The molecule has 2 amide bonds. The smallest absolute Gasteiger partial charge is 0.238 e. The Balaban J connectivity index is 2.07. The predicted octanol–water partition coefficient (Wildman–Crippen LogP) is 2.87. The summed E-state index contributed by atoms with van der Waals surface area (Å²) in [6.07, 6.45) is 0. The number of rotatable bonds is 1. The summed E-state index contributed by atoms with van der Waals surface area (Å²) >= 11 is 2.96. The fourth-order valence-corrected chi connectivity index (χ4v) is 3.32. The number of hydrogen-bond acceptors (Lipinski definition) is 2. The van der Waals surface area contributed by atoms with E-state index in [4.69, 9.17) is 0 Å². The van der Waals surface area contributed by atoms with Crippen molar-refractivity contribution in [1.82, 2.24) is 0 Å². The molecule has 19 heavy (non-hydrogen) atoms. The molecule has 0 spiro atoms. The van der Waals surface area contributed by atoms with Gasteiger partial charge in [0.15, 0.2) is 11.6 Å². The Morgan fingerprint density at radius 2 is 1.53 bits per heavy atom. The van der Waals surface area contributed by atoms with Crippen molar-refractivity contribution in [2.75, 3.05) is 4.90 Å². The minimum Gasteiger partial charge on any atom is -0.274 e. The van der Waals surface area contributed by atoms with E-state index in [1.165, 1.54) is 0 Å². The lowest BCUT2D eigenvalue weighted by Gasteiger charge is -2.21. The van der Waals surface area contributed by atoms with E-state index in [0.29, 0.717) is 4.90 Å². The van der Waals surface area contributed by atoms with Crippen molar-refractivity contribution in [3.63, 3.8) is 0 Å². The number of carbonyl (C=O) groups is 2. The highest BCUT2D eigenvalue weighted by Crippen LogP contribution is 2.63. The molecule has 100 valence electrons. The first-order valence-corrected chi connectivity index (χ1v) is 6.58. The number of carbonyl (C=O) groups excluding carboxylic acids is 2. The molecule has 1 heterocycles. The van der Waals surface area contributed by atoms with E-state index in [9.17, 15) is 18.4 Å². The first kappa shape index (κ1) is 12.7. The average molecular weight is 330 g/mol. The lowest BCUT2D eigenvalue weighted by atomic mass is 10.1. The van der Waals surface area contributed by atoms with Crippen LogP contribution in [-0.4, -0.2) is 11.8 Å². The molecule has 2 unspecified atom stereocenters. The second kappa shape index (κ2) is 3.62. The van der Waals surface area contributed by atoms with E-state index in [2.05, 4.69) is 15.9 Å². The van der Waals surface area contributed by atoms with E-state index >= 15 is 0 Å². The number of imide groups is 1. The van der Waals surface area contributed by atoms with Gasteiger partial charge in [0, 0.05) is 4.47 Å². The first-order chi connectivity index (χ1) is 8.76. The van der Waals surface area contributed by atoms with Gasteiger partial charge >= 0.3 is 0 Å². The van der Waals surface area contributed by atoms with E-state index in [-0.39, 0.29) is 4.47 Å². The number of hydrogen-bond donors (Lipinski definition) is 0. The third-order valence-electron chi connectivity index (χ3n) is 4.01. The summed E-state index contributed by atoms with van der Waals surface area (Å²) in [4.78, 5) is 24.9. The maximum atomic E-state index is 13.8. The van der Waals surface area contributed by atoms with Crippen molar-refractivity contribution in [3.05, 3.63) is 28.2 Å². The highest BCUT2D eigenvalue weighted by atomic mass is 79.9. The highest BCUT2D eigenvalue weighted by Gasteiger charge is 2.73. The molecule has 1 aromatic rings. The second-order valence-electron chi connectivity index (χ2n) is 5.51. The molecule has 0 N–H and O–H groups in total. The van der Waals surface area contributed by atoms with E-state index in [1.54, 1.807) is 0 Å². The van der Waals surface area contributed by atoms with Crippen molar-refractivity contribution >= 4 is 33.4 Å². The molecule has 2 aliphatic rings. The number of fused-ring (bicyclic) bond motifs is 1. The van der Waals surface area contributed by atoms with Crippen LogP contribution in [0.5, 0.6) is 0 Å². The van der Waals surface area contributed by atoms with Gasteiger partial charge in [-0.3, -0.25) is 9.59 Å². The Kier molecular flexibility index (Phi) is 2.43. The molecular formula is C13H10BrF2NO2. The number of nitrogens with zero attached hydrogens (tertiary/aromatic N) is 1. The van der Waals surface area contributed by atoms with Crippen LogP contribution in [0.2, 0.25) is 0 Å². The van der Waals surface area contributed by atoms with Crippen molar-refractivity contribution < 1.29 is 18.4 Å². The van der Waals surface area contributed by atoms with Gasteiger partial charge in [-0.05, 0) is 17.5 Å². The zero-order valence-electron chi connectivity index (χ0n) is 10.2. The minimum absolute atomic E-state index is 0.218. The van der Waals surface area contributed by atoms with Crippen LogP contribution in [0.3, 0.4) is 0 Å². The lowest BCUT2D eigenvalue weighted by Crippen LogP contribution is -2.37. The van der Waals surface area contributed by atoms with E-state index in [0.717, 1.165) is 12.1 Å². The Morgan fingerprint density at radius 1 is 1.11 bits per heavy atom. The summed E-state index contributed by atoms with van der Waals surface area (Å²) in [5, 5.41) is 0. The lowest BCUT2D eigenvalue weighted by molar-refractivity contribution is -0.125. The van der Waals surface area contributed by atoms with Gasteiger partial charge in [-0.15, -0.1) is 0 Å². The zero-order chi connectivity index (χ0) is 14.1. The molecule has 1 aliphatic heterocycles. The van der Waals surface area contributed by atoms with Gasteiger partial charge < -0.3 is 0 Å². The van der Waals surface area contributed by atoms with Crippen LogP contribution in [0.1, 0.15) is 13.8 Å². The molecule has 0 radical (unpaired) electrons. The largest absolute Gasteiger partial charge is 0.274 e. The topological polar surface area (TPSA) is 37.4 Å². The molecule has 1 saturated heterocycles. The van der Waals surface area contributed by atoms with Crippen LogP contribution < -0.4 is 4.90 Å². The van der Waals surface area contributed by atoms with E-state index in [1.807, 2.05) is 13.8 Å². The summed E-state index contributed by atoms with van der Waals surface area (Å²) in [5.41, 5.74) is -0.964. The summed E-state index contributed by atoms with van der Waals surface area (Å²) in [7, 11) is 0. The average Bonchev–Trinajstić information content (AvgIpc) is 2.73. The number of benzene rings is 1. The summed E-state index contributed by atoms with van der Waals surface area (Å²) in [5.74, 6) is -3.79. The third kappa shape index (κ3) is 1.52. The third-order valence-corrected chi connectivity index (χ3v) is 4.46. The normalized spacial score (nSPS) is 27.7. The van der Waals surface area contributed by atoms with Crippen LogP contribution in [0.25, 0.3) is 0 Å². The zero-order valence-corrected chi connectivity index (χ0v) is 11.8. The molecule has 1 saturated carbocycles. The molecule has 6 heteroatoms. The number of halogens is 3. The fraction of sp³-hybridized carbons (Fsp3) is 0.385. The van der Waals surface area contributed by atoms with Gasteiger partial charge in [-0.1, -0.05) is 29.8 Å². The maximum Gasteiger partial charge on any atom is 0.238 e. The number of anilines is 1. The number of amides is 2. The molecule has 3 rings (SSSR count).